The van der Waals surface area contributed by atoms with Crippen LogP contribution in [0.3, 0.4) is 0 Å². The first-order chi connectivity index (χ1) is 7.60. The molecule has 0 aliphatic rings. The highest BCUT2D eigenvalue weighted by Crippen LogP contribution is 2.13. The standard InChI is InChI=1S/C11H19N3O2/c1-5-9-10(8(3)16-14-9)11(15)13-6-7(2)12-4/h7,12H,5-6H2,1-4H3,(H,13,15). The highest BCUT2D eigenvalue weighted by molar-refractivity contribution is 5.96. The van der Waals surface area contributed by atoms with E-state index in [0.717, 1.165) is 0 Å². The van der Waals surface area contributed by atoms with Gasteiger partial charge in [-0.2, -0.15) is 0 Å². The van der Waals surface area contributed by atoms with Crippen LogP contribution in [0, 0.1) is 6.92 Å². The van der Waals surface area contributed by atoms with Gasteiger partial charge < -0.3 is 15.2 Å². The first kappa shape index (κ1) is 12.7. The van der Waals surface area contributed by atoms with E-state index in [9.17, 15) is 4.79 Å². The van der Waals surface area contributed by atoms with Crippen LogP contribution < -0.4 is 10.6 Å². The second-order valence-corrected chi connectivity index (χ2v) is 3.81. The smallest absolute Gasteiger partial charge is 0.256 e. The number of amides is 1. The van der Waals surface area contributed by atoms with Crippen molar-refractivity contribution in [2.45, 2.75) is 33.2 Å². The van der Waals surface area contributed by atoms with Gasteiger partial charge in [0.15, 0.2) is 0 Å². The lowest BCUT2D eigenvalue weighted by Crippen LogP contribution is -2.37. The van der Waals surface area contributed by atoms with E-state index in [2.05, 4.69) is 15.8 Å². The summed E-state index contributed by atoms with van der Waals surface area (Å²) in [4.78, 5) is 11.9. The Hall–Kier alpha value is -1.36. The van der Waals surface area contributed by atoms with E-state index in [1.165, 1.54) is 0 Å². The average Bonchev–Trinajstić information content (AvgIpc) is 2.66. The van der Waals surface area contributed by atoms with Crippen LogP contribution in [-0.2, 0) is 6.42 Å². The van der Waals surface area contributed by atoms with Gasteiger partial charge in [0, 0.05) is 12.6 Å². The highest BCUT2D eigenvalue weighted by atomic mass is 16.5. The Morgan fingerprint density at radius 2 is 2.25 bits per heavy atom. The number of hydrogen-bond donors (Lipinski definition) is 2. The maximum Gasteiger partial charge on any atom is 0.256 e. The van der Waals surface area contributed by atoms with Crippen LogP contribution in [0.2, 0.25) is 0 Å². The number of nitrogens with one attached hydrogen (secondary N) is 2. The third kappa shape index (κ3) is 2.82. The van der Waals surface area contributed by atoms with Crippen molar-refractivity contribution in [2.75, 3.05) is 13.6 Å². The fourth-order valence-electron chi connectivity index (χ4n) is 1.39. The van der Waals surface area contributed by atoms with Crippen LogP contribution in [0.5, 0.6) is 0 Å². The van der Waals surface area contributed by atoms with Crippen LogP contribution >= 0.6 is 0 Å². The van der Waals surface area contributed by atoms with Crippen LogP contribution in [0.4, 0.5) is 0 Å². The summed E-state index contributed by atoms with van der Waals surface area (Å²) in [6.07, 6.45) is 0.696. The molecule has 0 aliphatic carbocycles. The van der Waals surface area contributed by atoms with Gasteiger partial charge in [-0.25, -0.2) is 0 Å². The lowest BCUT2D eigenvalue weighted by atomic mass is 10.1. The zero-order chi connectivity index (χ0) is 12.1. The molecule has 1 unspecified atom stereocenters. The van der Waals surface area contributed by atoms with Crippen molar-refractivity contribution in [3.63, 3.8) is 0 Å². The van der Waals surface area contributed by atoms with E-state index < -0.39 is 0 Å². The molecule has 0 aliphatic heterocycles. The number of aromatic nitrogens is 1. The molecule has 0 spiro atoms. The average molecular weight is 225 g/mol. The Balaban J connectivity index is 2.69. The molecule has 0 fully saturated rings. The second kappa shape index (κ2) is 5.65. The maximum absolute atomic E-state index is 11.9. The summed E-state index contributed by atoms with van der Waals surface area (Å²) in [5, 5.41) is 9.76. The Morgan fingerprint density at radius 3 is 2.81 bits per heavy atom. The molecule has 16 heavy (non-hydrogen) atoms. The van der Waals surface area contributed by atoms with Crippen molar-refractivity contribution in [1.82, 2.24) is 15.8 Å². The van der Waals surface area contributed by atoms with Crippen molar-refractivity contribution in [3.05, 3.63) is 17.0 Å². The minimum atomic E-state index is -0.113. The van der Waals surface area contributed by atoms with Crippen LogP contribution in [0.25, 0.3) is 0 Å². The SMILES string of the molecule is CCc1noc(C)c1C(=O)NCC(C)NC. The second-order valence-electron chi connectivity index (χ2n) is 3.81. The Morgan fingerprint density at radius 1 is 1.56 bits per heavy atom. The van der Waals surface area contributed by atoms with E-state index in [1.54, 1.807) is 6.92 Å². The molecule has 0 aromatic carbocycles. The minimum Gasteiger partial charge on any atom is -0.361 e. The topological polar surface area (TPSA) is 67.2 Å². The maximum atomic E-state index is 11.9. The molecule has 0 bridgehead atoms. The van der Waals surface area contributed by atoms with Crippen molar-refractivity contribution in [2.24, 2.45) is 0 Å². The molecule has 5 nitrogen and oxygen atoms in total. The summed E-state index contributed by atoms with van der Waals surface area (Å²) in [6.45, 7) is 6.29. The molecule has 1 amide bonds. The lowest BCUT2D eigenvalue weighted by Gasteiger charge is -2.11. The number of carbonyl (C=O) groups is 1. The Labute approximate surface area is 95.6 Å². The summed E-state index contributed by atoms with van der Waals surface area (Å²) >= 11 is 0. The molecule has 1 aromatic rings. The summed E-state index contributed by atoms with van der Waals surface area (Å²) in [6, 6.07) is 0.245. The predicted molar refractivity (Wildman–Crippen MR) is 61.5 cm³/mol. The molecule has 90 valence electrons. The van der Waals surface area contributed by atoms with Crippen LogP contribution in [-0.4, -0.2) is 30.7 Å². The zero-order valence-electron chi connectivity index (χ0n) is 10.3. The van der Waals surface area contributed by atoms with Gasteiger partial charge in [-0.15, -0.1) is 0 Å². The minimum absolute atomic E-state index is 0.113. The normalized spacial score (nSPS) is 12.5. The largest absolute Gasteiger partial charge is 0.361 e. The third-order valence-corrected chi connectivity index (χ3v) is 2.56. The number of aryl methyl sites for hydroxylation is 2. The number of hydrogen-bond acceptors (Lipinski definition) is 4. The van der Waals surface area contributed by atoms with Crippen LogP contribution in [0.15, 0.2) is 4.52 Å². The van der Waals surface area contributed by atoms with Gasteiger partial charge in [-0.05, 0) is 27.3 Å². The molecule has 1 rings (SSSR count). The van der Waals surface area contributed by atoms with Crippen molar-refractivity contribution >= 4 is 5.91 Å². The highest BCUT2D eigenvalue weighted by Gasteiger charge is 2.18. The van der Waals surface area contributed by atoms with Gasteiger partial charge in [0.05, 0.1) is 5.69 Å². The molecule has 0 saturated carbocycles. The van der Waals surface area contributed by atoms with E-state index in [4.69, 9.17) is 4.52 Å². The Kier molecular flexibility index (Phi) is 4.49. The fourth-order valence-corrected chi connectivity index (χ4v) is 1.39. The van der Waals surface area contributed by atoms with E-state index in [1.807, 2.05) is 20.9 Å². The van der Waals surface area contributed by atoms with Crippen molar-refractivity contribution in [1.29, 1.82) is 0 Å². The van der Waals surface area contributed by atoms with E-state index >= 15 is 0 Å². The molecule has 2 N–H and O–H groups in total. The Bertz CT molecular complexity index is 360. The molecular weight excluding hydrogens is 206 g/mol. The molecule has 0 radical (unpaired) electrons. The molecular formula is C11H19N3O2. The lowest BCUT2D eigenvalue weighted by molar-refractivity contribution is 0.0948. The van der Waals surface area contributed by atoms with Crippen molar-refractivity contribution in [3.8, 4) is 0 Å². The summed E-state index contributed by atoms with van der Waals surface area (Å²) in [5.41, 5.74) is 1.29. The molecule has 1 aromatic heterocycles. The molecule has 1 heterocycles. The van der Waals surface area contributed by atoms with E-state index in [0.29, 0.717) is 30.0 Å². The summed E-state index contributed by atoms with van der Waals surface area (Å²) in [7, 11) is 1.86. The van der Waals surface area contributed by atoms with Gasteiger partial charge in [0.2, 0.25) is 0 Å². The van der Waals surface area contributed by atoms with Gasteiger partial charge >= 0.3 is 0 Å². The molecule has 1 atom stereocenters. The molecule has 0 saturated heterocycles. The number of rotatable bonds is 5. The third-order valence-electron chi connectivity index (χ3n) is 2.56. The monoisotopic (exact) mass is 225 g/mol. The number of carbonyl (C=O) groups excluding carboxylic acids is 1. The fraction of sp³-hybridized carbons (Fsp3) is 0.636. The summed E-state index contributed by atoms with van der Waals surface area (Å²) in [5.74, 6) is 0.462. The van der Waals surface area contributed by atoms with Gasteiger partial charge in [0.1, 0.15) is 11.3 Å². The van der Waals surface area contributed by atoms with Crippen molar-refractivity contribution < 1.29 is 9.32 Å². The number of likely N-dealkylation sites (N-methyl/N-ethyl adjacent to an activating group) is 1. The van der Waals surface area contributed by atoms with E-state index in [-0.39, 0.29) is 11.9 Å². The quantitative estimate of drug-likeness (QED) is 0.780. The number of nitrogens with zero attached hydrogens (tertiary/aromatic N) is 1. The van der Waals surface area contributed by atoms with Gasteiger partial charge in [-0.3, -0.25) is 4.79 Å². The van der Waals surface area contributed by atoms with Gasteiger partial charge in [-0.1, -0.05) is 12.1 Å². The first-order valence-electron chi connectivity index (χ1n) is 5.50. The first-order valence-corrected chi connectivity index (χ1v) is 5.50. The molecule has 5 heteroatoms. The zero-order valence-corrected chi connectivity index (χ0v) is 10.3. The van der Waals surface area contributed by atoms with Crippen LogP contribution in [0.1, 0.15) is 35.7 Å². The predicted octanol–water partition coefficient (Wildman–Crippen LogP) is 0.883. The van der Waals surface area contributed by atoms with Gasteiger partial charge in [0.25, 0.3) is 5.91 Å². The summed E-state index contributed by atoms with van der Waals surface area (Å²) < 4.78 is 5.01.